The van der Waals surface area contributed by atoms with Crippen LogP contribution in [0.4, 0.5) is 0 Å². The first-order valence-electron chi connectivity index (χ1n) is 7.56. The number of aryl methyl sites for hydroxylation is 1. The minimum Gasteiger partial charge on any atom is -0.508 e. The largest absolute Gasteiger partial charge is 0.508 e. The average Bonchev–Trinajstić information content (AvgIpc) is 2.81. The van der Waals surface area contributed by atoms with E-state index in [4.69, 9.17) is 0 Å². The molecule has 19 heavy (non-hydrogen) atoms. The molecule has 0 radical (unpaired) electrons. The lowest BCUT2D eigenvalue weighted by Crippen LogP contribution is -2.46. The number of hydrogen-bond donors (Lipinski definition) is 2. The van der Waals surface area contributed by atoms with Crippen LogP contribution in [0.1, 0.15) is 43.4 Å². The van der Waals surface area contributed by atoms with Crippen molar-refractivity contribution in [3.63, 3.8) is 0 Å². The summed E-state index contributed by atoms with van der Waals surface area (Å²) in [5.41, 5.74) is 2.71. The van der Waals surface area contributed by atoms with Gasteiger partial charge in [-0.15, -0.1) is 0 Å². The number of phenols is 1. The van der Waals surface area contributed by atoms with Gasteiger partial charge in [0.05, 0.1) is 0 Å². The number of likely N-dealkylation sites (tertiary alicyclic amines) is 1. The summed E-state index contributed by atoms with van der Waals surface area (Å²) in [7, 11) is 0. The molecule has 1 aliphatic heterocycles. The fourth-order valence-corrected chi connectivity index (χ4v) is 3.54. The van der Waals surface area contributed by atoms with Gasteiger partial charge in [-0.1, -0.05) is 13.0 Å². The van der Waals surface area contributed by atoms with E-state index in [0.29, 0.717) is 17.8 Å². The Labute approximate surface area is 115 Å². The molecule has 2 atom stereocenters. The van der Waals surface area contributed by atoms with E-state index >= 15 is 0 Å². The Hall–Kier alpha value is -1.06. The summed E-state index contributed by atoms with van der Waals surface area (Å²) in [6.45, 7) is 5.84. The van der Waals surface area contributed by atoms with E-state index in [1.165, 1.54) is 43.5 Å². The summed E-state index contributed by atoms with van der Waals surface area (Å²) in [5, 5.41) is 13.4. The smallest absolute Gasteiger partial charge is 0.115 e. The molecule has 1 aliphatic carbocycles. The van der Waals surface area contributed by atoms with E-state index in [9.17, 15) is 5.11 Å². The van der Waals surface area contributed by atoms with Crippen molar-refractivity contribution in [1.82, 2.24) is 10.2 Å². The molecular weight excluding hydrogens is 236 g/mol. The Balaban J connectivity index is 1.66. The Morgan fingerprint density at radius 1 is 1.37 bits per heavy atom. The SMILES string of the molecule is CCN1CCCC(NC2CCc3cc(O)ccc32)C1. The van der Waals surface area contributed by atoms with E-state index in [1.54, 1.807) is 0 Å². The molecule has 1 aromatic rings. The van der Waals surface area contributed by atoms with Crippen LogP contribution in [0.3, 0.4) is 0 Å². The Morgan fingerprint density at radius 2 is 2.26 bits per heavy atom. The van der Waals surface area contributed by atoms with Gasteiger partial charge in [0.1, 0.15) is 5.75 Å². The van der Waals surface area contributed by atoms with Gasteiger partial charge in [-0.3, -0.25) is 0 Å². The van der Waals surface area contributed by atoms with Gasteiger partial charge in [-0.25, -0.2) is 0 Å². The highest BCUT2D eigenvalue weighted by Crippen LogP contribution is 2.34. The third kappa shape index (κ3) is 2.77. The van der Waals surface area contributed by atoms with Crippen molar-refractivity contribution in [2.45, 2.75) is 44.7 Å². The zero-order chi connectivity index (χ0) is 13.2. The van der Waals surface area contributed by atoms with Crippen molar-refractivity contribution >= 4 is 0 Å². The van der Waals surface area contributed by atoms with Crippen molar-refractivity contribution in [3.05, 3.63) is 29.3 Å². The van der Waals surface area contributed by atoms with E-state index in [2.05, 4.69) is 23.2 Å². The van der Waals surface area contributed by atoms with E-state index < -0.39 is 0 Å². The Kier molecular flexibility index (Phi) is 3.76. The first kappa shape index (κ1) is 12.9. The molecule has 0 bridgehead atoms. The number of nitrogens with one attached hydrogen (secondary N) is 1. The van der Waals surface area contributed by atoms with Crippen molar-refractivity contribution in [2.75, 3.05) is 19.6 Å². The summed E-state index contributed by atoms with van der Waals surface area (Å²) >= 11 is 0. The predicted molar refractivity (Wildman–Crippen MR) is 77.4 cm³/mol. The van der Waals surface area contributed by atoms with Gasteiger partial charge in [0.2, 0.25) is 0 Å². The molecule has 2 unspecified atom stereocenters. The van der Waals surface area contributed by atoms with Crippen LogP contribution in [0.2, 0.25) is 0 Å². The third-order valence-electron chi connectivity index (χ3n) is 4.59. The summed E-state index contributed by atoms with van der Waals surface area (Å²) in [6.07, 6.45) is 4.86. The zero-order valence-corrected chi connectivity index (χ0v) is 11.7. The van der Waals surface area contributed by atoms with Crippen LogP contribution < -0.4 is 5.32 Å². The second-order valence-electron chi connectivity index (χ2n) is 5.87. The minimum atomic E-state index is 0.397. The maximum Gasteiger partial charge on any atom is 0.115 e. The van der Waals surface area contributed by atoms with Crippen LogP contribution in [-0.4, -0.2) is 35.7 Å². The summed E-state index contributed by atoms with van der Waals surface area (Å²) < 4.78 is 0. The lowest BCUT2D eigenvalue weighted by molar-refractivity contribution is 0.190. The van der Waals surface area contributed by atoms with Crippen LogP contribution >= 0.6 is 0 Å². The lowest BCUT2D eigenvalue weighted by atomic mass is 10.0. The molecular formula is C16H24N2O. The van der Waals surface area contributed by atoms with E-state index in [0.717, 1.165) is 13.0 Å². The fourth-order valence-electron chi connectivity index (χ4n) is 3.54. The van der Waals surface area contributed by atoms with Crippen LogP contribution in [0.25, 0.3) is 0 Å². The van der Waals surface area contributed by atoms with Crippen molar-refractivity contribution in [2.24, 2.45) is 0 Å². The number of nitrogens with zero attached hydrogens (tertiary/aromatic N) is 1. The van der Waals surface area contributed by atoms with Gasteiger partial charge in [-0.05, 0) is 62.0 Å². The van der Waals surface area contributed by atoms with Gasteiger partial charge in [0, 0.05) is 18.6 Å². The van der Waals surface area contributed by atoms with Crippen LogP contribution in [-0.2, 0) is 6.42 Å². The summed E-state index contributed by atoms with van der Waals surface area (Å²) in [6, 6.07) is 6.94. The second kappa shape index (κ2) is 5.51. The predicted octanol–water partition coefficient (Wildman–Crippen LogP) is 2.45. The molecule has 0 amide bonds. The molecule has 1 heterocycles. The molecule has 3 heteroatoms. The van der Waals surface area contributed by atoms with Gasteiger partial charge in [0.25, 0.3) is 0 Å². The molecule has 1 fully saturated rings. The molecule has 3 rings (SSSR count). The summed E-state index contributed by atoms with van der Waals surface area (Å²) in [5.74, 6) is 0.397. The first-order chi connectivity index (χ1) is 9.26. The second-order valence-corrected chi connectivity index (χ2v) is 5.87. The highest BCUT2D eigenvalue weighted by molar-refractivity contribution is 5.40. The number of phenolic OH excluding ortho intramolecular Hbond substituents is 1. The maximum atomic E-state index is 9.54. The minimum absolute atomic E-state index is 0.397. The van der Waals surface area contributed by atoms with Crippen molar-refractivity contribution in [3.8, 4) is 5.75 Å². The molecule has 2 aliphatic rings. The molecule has 3 nitrogen and oxygen atoms in total. The number of piperidine rings is 1. The van der Waals surface area contributed by atoms with Gasteiger partial charge < -0.3 is 15.3 Å². The number of benzene rings is 1. The van der Waals surface area contributed by atoms with Crippen LogP contribution in [0, 0.1) is 0 Å². The summed E-state index contributed by atoms with van der Waals surface area (Å²) in [4.78, 5) is 2.54. The highest BCUT2D eigenvalue weighted by atomic mass is 16.3. The quantitative estimate of drug-likeness (QED) is 0.876. The Morgan fingerprint density at radius 3 is 3.11 bits per heavy atom. The molecule has 1 saturated heterocycles. The topological polar surface area (TPSA) is 35.5 Å². The van der Waals surface area contributed by atoms with E-state index in [1.807, 2.05) is 12.1 Å². The number of likely N-dealkylation sites (N-methyl/N-ethyl adjacent to an activating group) is 1. The van der Waals surface area contributed by atoms with Crippen LogP contribution in [0.15, 0.2) is 18.2 Å². The first-order valence-corrected chi connectivity index (χ1v) is 7.56. The molecule has 0 aromatic heterocycles. The van der Waals surface area contributed by atoms with Gasteiger partial charge in [-0.2, -0.15) is 0 Å². The van der Waals surface area contributed by atoms with E-state index in [-0.39, 0.29) is 0 Å². The highest BCUT2D eigenvalue weighted by Gasteiger charge is 2.27. The number of fused-ring (bicyclic) bond motifs is 1. The molecule has 104 valence electrons. The van der Waals surface area contributed by atoms with Gasteiger partial charge in [0.15, 0.2) is 0 Å². The van der Waals surface area contributed by atoms with Crippen LogP contribution in [0.5, 0.6) is 5.75 Å². The lowest BCUT2D eigenvalue weighted by Gasteiger charge is -2.34. The van der Waals surface area contributed by atoms with Crippen molar-refractivity contribution in [1.29, 1.82) is 0 Å². The third-order valence-corrected chi connectivity index (χ3v) is 4.59. The van der Waals surface area contributed by atoms with Gasteiger partial charge >= 0.3 is 0 Å². The number of rotatable bonds is 3. The zero-order valence-electron chi connectivity index (χ0n) is 11.7. The Bertz CT molecular complexity index is 446. The van der Waals surface area contributed by atoms with Crippen molar-refractivity contribution < 1.29 is 5.11 Å². The molecule has 2 N–H and O–H groups in total. The fraction of sp³-hybridized carbons (Fsp3) is 0.625. The molecule has 0 saturated carbocycles. The normalized spacial score (nSPS) is 27.4. The molecule has 0 spiro atoms. The average molecular weight is 260 g/mol. The monoisotopic (exact) mass is 260 g/mol. The number of hydrogen-bond acceptors (Lipinski definition) is 3. The molecule has 1 aromatic carbocycles. The maximum absolute atomic E-state index is 9.54. The standard InChI is InChI=1S/C16H24N2O/c1-2-18-9-3-4-13(11-18)17-16-8-5-12-10-14(19)6-7-15(12)16/h6-7,10,13,16-17,19H,2-5,8-9,11H2,1H3. The number of aromatic hydroxyl groups is 1.